The normalized spacial score (nSPS) is 18.5. The predicted molar refractivity (Wildman–Crippen MR) is 132 cm³/mol. The Morgan fingerprint density at radius 1 is 0.658 bits per heavy atom. The average Bonchev–Trinajstić information content (AvgIpc) is 2.91. The van der Waals surface area contributed by atoms with E-state index in [-0.39, 0.29) is 52.5 Å². The van der Waals surface area contributed by atoms with Gasteiger partial charge in [0.05, 0.1) is 6.10 Å². The molecule has 1 fully saturated rings. The molecule has 2 nitrogen and oxygen atoms in total. The molecule has 3 aromatic carbocycles. The zero-order valence-corrected chi connectivity index (χ0v) is 21.0. The van der Waals surface area contributed by atoms with Gasteiger partial charge in [-0.2, -0.15) is 4.39 Å². The molecule has 0 saturated heterocycles. The molecule has 1 unspecified atom stereocenters. The van der Waals surface area contributed by atoms with Crippen LogP contribution in [0.3, 0.4) is 0 Å². The number of hydrogen-bond donors (Lipinski definition) is 2. The van der Waals surface area contributed by atoms with E-state index in [4.69, 9.17) is 0 Å². The summed E-state index contributed by atoms with van der Waals surface area (Å²) >= 11 is 0. The second-order valence-corrected chi connectivity index (χ2v) is 10.0. The molecule has 8 heteroatoms. The van der Waals surface area contributed by atoms with Crippen LogP contribution in [0.5, 0.6) is 5.75 Å². The Labute approximate surface area is 218 Å². The Morgan fingerprint density at radius 3 is 1.68 bits per heavy atom. The number of aryl methyl sites for hydroxylation is 2. The SMILES string of the molecule is CCCC(O)c1ccc(C2CCC(c3ccc(CCc4ccc(O)c(F)c4F)c(F)c3F)CC2)c(F)c1F. The summed E-state index contributed by atoms with van der Waals surface area (Å²) < 4.78 is 86.9. The predicted octanol–water partition coefficient (Wildman–Crippen LogP) is 8.29. The first-order valence-corrected chi connectivity index (χ1v) is 12.9. The third-order valence-corrected chi connectivity index (χ3v) is 7.67. The standard InChI is InChI=1S/C30H30F6O2/c1-2-3-23(37)22-14-13-21(28(34)29(22)35)17-6-4-16(5-7-17)20-12-10-18(25(31)27(20)33)8-9-19-11-15-24(38)30(36)26(19)32/h10-17,23,37-38H,2-9H2,1H3. The number of rotatable bonds is 8. The van der Waals surface area contributed by atoms with E-state index >= 15 is 4.39 Å². The average molecular weight is 537 g/mol. The van der Waals surface area contributed by atoms with Crippen LogP contribution in [0.15, 0.2) is 36.4 Å². The lowest BCUT2D eigenvalue weighted by Crippen LogP contribution is -2.16. The molecule has 0 amide bonds. The number of benzene rings is 3. The van der Waals surface area contributed by atoms with E-state index in [2.05, 4.69) is 0 Å². The van der Waals surface area contributed by atoms with E-state index in [0.29, 0.717) is 38.5 Å². The number of aliphatic hydroxyl groups excluding tert-OH is 1. The van der Waals surface area contributed by atoms with Crippen molar-refractivity contribution < 1.29 is 36.6 Å². The first-order chi connectivity index (χ1) is 18.1. The highest BCUT2D eigenvalue weighted by Gasteiger charge is 2.30. The minimum Gasteiger partial charge on any atom is -0.505 e. The summed E-state index contributed by atoms with van der Waals surface area (Å²) in [7, 11) is 0. The topological polar surface area (TPSA) is 40.5 Å². The number of phenols is 1. The highest BCUT2D eigenvalue weighted by molar-refractivity contribution is 5.34. The van der Waals surface area contributed by atoms with Crippen LogP contribution < -0.4 is 0 Å². The van der Waals surface area contributed by atoms with Crippen molar-refractivity contribution in [2.24, 2.45) is 0 Å². The summed E-state index contributed by atoms with van der Waals surface area (Å²) in [5, 5.41) is 19.3. The quantitative estimate of drug-likeness (QED) is 0.285. The highest BCUT2D eigenvalue weighted by Crippen LogP contribution is 2.43. The van der Waals surface area contributed by atoms with Crippen LogP contribution in [0.4, 0.5) is 26.3 Å². The molecule has 4 rings (SSSR count). The number of hydrogen-bond acceptors (Lipinski definition) is 2. The van der Waals surface area contributed by atoms with Gasteiger partial charge in [0, 0.05) is 5.56 Å². The van der Waals surface area contributed by atoms with Gasteiger partial charge >= 0.3 is 0 Å². The van der Waals surface area contributed by atoms with Gasteiger partial charge < -0.3 is 10.2 Å². The van der Waals surface area contributed by atoms with Gasteiger partial charge in [-0.05, 0) is 85.1 Å². The number of phenolic OH excluding ortho intramolecular Hbond substituents is 1. The smallest absolute Gasteiger partial charge is 0.200 e. The van der Waals surface area contributed by atoms with Crippen LogP contribution in [0, 0.1) is 34.9 Å². The van der Waals surface area contributed by atoms with Gasteiger partial charge in [-0.25, -0.2) is 22.0 Å². The Kier molecular flexibility index (Phi) is 8.71. The maximum atomic E-state index is 15.0. The van der Waals surface area contributed by atoms with E-state index in [0.717, 1.165) is 6.07 Å². The maximum absolute atomic E-state index is 15.0. The van der Waals surface area contributed by atoms with Crippen LogP contribution >= 0.6 is 0 Å². The highest BCUT2D eigenvalue weighted by atomic mass is 19.2. The van der Waals surface area contributed by atoms with Crippen LogP contribution in [-0.4, -0.2) is 10.2 Å². The molecular formula is C30H30F6O2. The van der Waals surface area contributed by atoms with Crippen molar-refractivity contribution in [1.29, 1.82) is 0 Å². The van der Waals surface area contributed by atoms with Gasteiger partial charge in [-0.15, -0.1) is 0 Å². The second-order valence-electron chi connectivity index (χ2n) is 10.0. The zero-order chi connectivity index (χ0) is 27.6. The molecule has 0 radical (unpaired) electrons. The molecule has 38 heavy (non-hydrogen) atoms. The van der Waals surface area contributed by atoms with Gasteiger partial charge in [-0.3, -0.25) is 0 Å². The molecule has 0 bridgehead atoms. The number of aliphatic hydroxyl groups is 1. The van der Waals surface area contributed by atoms with Crippen molar-refractivity contribution in [3.63, 3.8) is 0 Å². The molecule has 1 atom stereocenters. The molecule has 2 N–H and O–H groups in total. The molecule has 0 aliphatic heterocycles. The van der Waals surface area contributed by atoms with Crippen LogP contribution in [0.2, 0.25) is 0 Å². The summed E-state index contributed by atoms with van der Waals surface area (Å²) in [5.41, 5.74) is 0.344. The minimum absolute atomic E-state index is 0.0238. The Bertz CT molecular complexity index is 1300. The number of aromatic hydroxyl groups is 1. The summed E-state index contributed by atoms with van der Waals surface area (Å²) in [5.74, 6) is -8.03. The molecule has 0 aromatic heterocycles. The Morgan fingerprint density at radius 2 is 1.13 bits per heavy atom. The minimum atomic E-state index is -1.38. The van der Waals surface area contributed by atoms with Crippen molar-refractivity contribution in [3.05, 3.63) is 99.1 Å². The van der Waals surface area contributed by atoms with E-state index in [1.54, 1.807) is 0 Å². The monoisotopic (exact) mass is 536 g/mol. The van der Waals surface area contributed by atoms with Gasteiger partial charge in [0.15, 0.2) is 34.8 Å². The van der Waals surface area contributed by atoms with E-state index < -0.39 is 46.8 Å². The maximum Gasteiger partial charge on any atom is 0.200 e. The number of halogens is 6. The third kappa shape index (κ3) is 5.55. The molecule has 1 aliphatic rings. The van der Waals surface area contributed by atoms with Gasteiger partial charge in [0.1, 0.15) is 0 Å². The zero-order valence-electron chi connectivity index (χ0n) is 21.0. The van der Waals surface area contributed by atoms with Crippen LogP contribution in [0.25, 0.3) is 0 Å². The van der Waals surface area contributed by atoms with Crippen LogP contribution in [0.1, 0.15) is 91.2 Å². The molecule has 1 aliphatic carbocycles. The van der Waals surface area contributed by atoms with Crippen molar-refractivity contribution >= 4 is 0 Å². The van der Waals surface area contributed by atoms with E-state index in [1.165, 1.54) is 30.3 Å². The molecular weight excluding hydrogens is 506 g/mol. The molecule has 1 saturated carbocycles. The lowest BCUT2D eigenvalue weighted by atomic mass is 9.75. The van der Waals surface area contributed by atoms with E-state index in [9.17, 15) is 32.2 Å². The molecule has 3 aromatic rings. The lowest BCUT2D eigenvalue weighted by molar-refractivity contribution is 0.160. The second kappa shape index (κ2) is 11.8. The van der Waals surface area contributed by atoms with E-state index in [1.807, 2.05) is 6.92 Å². The van der Waals surface area contributed by atoms with Crippen molar-refractivity contribution in [3.8, 4) is 5.75 Å². The fourth-order valence-corrected chi connectivity index (χ4v) is 5.45. The lowest BCUT2D eigenvalue weighted by Gasteiger charge is -2.30. The van der Waals surface area contributed by atoms with Crippen molar-refractivity contribution in [1.82, 2.24) is 0 Å². The fraction of sp³-hybridized carbons (Fsp3) is 0.400. The van der Waals surface area contributed by atoms with Gasteiger partial charge in [0.25, 0.3) is 0 Å². The molecule has 204 valence electrons. The summed E-state index contributed by atoms with van der Waals surface area (Å²) in [6.45, 7) is 1.84. The van der Waals surface area contributed by atoms with Crippen LogP contribution in [-0.2, 0) is 12.8 Å². The third-order valence-electron chi connectivity index (χ3n) is 7.67. The van der Waals surface area contributed by atoms with Gasteiger partial charge in [0.2, 0.25) is 5.82 Å². The van der Waals surface area contributed by atoms with Gasteiger partial charge in [-0.1, -0.05) is 43.7 Å². The summed E-state index contributed by atoms with van der Waals surface area (Å²) in [4.78, 5) is 0. The molecule has 0 heterocycles. The fourth-order valence-electron chi connectivity index (χ4n) is 5.45. The summed E-state index contributed by atoms with van der Waals surface area (Å²) in [6, 6.07) is 8.07. The Balaban J connectivity index is 1.43. The summed E-state index contributed by atoms with van der Waals surface area (Å²) in [6.07, 6.45) is 1.58. The van der Waals surface area contributed by atoms with Crippen molar-refractivity contribution in [2.45, 2.75) is 76.2 Å². The van der Waals surface area contributed by atoms with Crippen molar-refractivity contribution in [2.75, 3.05) is 0 Å². The first-order valence-electron chi connectivity index (χ1n) is 12.9. The molecule has 0 spiro atoms. The first kappa shape index (κ1) is 28.0. The largest absolute Gasteiger partial charge is 0.505 e. The Hall–Kier alpha value is -3.00.